The maximum Gasteiger partial charge on any atom is 0.165 e. The van der Waals surface area contributed by atoms with Gasteiger partial charge in [0.2, 0.25) is 0 Å². The highest BCUT2D eigenvalue weighted by Crippen LogP contribution is 2.43. The molecule has 16 heavy (non-hydrogen) atoms. The molecule has 0 spiro atoms. The lowest BCUT2D eigenvalue weighted by Gasteiger charge is -2.16. The molecule has 1 aliphatic heterocycles. The average Bonchev–Trinajstić information content (AvgIpc) is 2.78. The number of nitrogens with two attached hydrogens (primary N) is 1. The van der Waals surface area contributed by atoms with Gasteiger partial charge in [-0.15, -0.1) is 0 Å². The second kappa shape index (κ2) is 4.52. The molecule has 0 aromatic heterocycles. The van der Waals surface area contributed by atoms with Gasteiger partial charge in [0, 0.05) is 12.0 Å². The van der Waals surface area contributed by atoms with E-state index >= 15 is 0 Å². The molecule has 1 aromatic rings. The molecule has 2 N–H and O–H groups in total. The molecule has 1 heterocycles. The van der Waals surface area contributed by atoms with Crippen molar-refractivity contribution in [1.82, 2.24) is 0 Å². The van der Waals surface area contributed by atoms with Crippen LogP contribution in [-0.2, 0) is 6.42 Å². The van der Waals surface area contributed by atoms with Crippen molar-refractivity contribution in [3.63, 3.8) is 0 Å². The molecule has 1 unspecified atom stereocenters. The topological polar surface area (TPSA) is 44.5 Å². The van der Waals surface area contributed by atoms with E-state index in [1.54, 1.807) is 7.11 Å². The third kappa shape index (κ3) is 1.74. The molecule has 0 amide bonds. The van der Waals surface area contributed by atoms with Crippen LogP contribution in [-0.4, -0.2) is 20.3 Å². The van der Waals surface area contributed by atoms with E-state index in [4.69, 9.17) is 26.8 Å². The van der Waals surface area contributed by atoms with Gasteiger partial charge in [-0.3, -0.25) is 0 Å². The van der Waals surface area contributed by atoms with Crippen LogP contribution in [0.4, 0.5) is 0 Å². The number of ether oxygens (including phenoxy) is 2. The first kappa shape index (κ1) is 11.6. The molecule has 1 aromatic carbocycles. The minimum Gasteiger partial charge on any atom is -0.493 e. The zero-order valence-corrected chi connectivity index (χ0v) is 10.3. The van der Waals surface area contributed by atoms with Gasteiger partial charge in [0.05, 0.1) is 18.7 Å². The molecule has 0 fully saturated rings. The Morgan fingerprint density at radius 2 is 2.38 bits per heavy atom. The van der Waals surface area contributed by atoms with Crippen molar-refractivity contribution < 1.29 is 9.47 Å². The van der Waals surface area contributed by atoms with Crippen molar-refractivity contribution >= 4 is 11.6 Å². The standard InChI is InChI=1S/C12H16ClNO2/c1-7(6-14)9-5-10(15-2)12-8(11(9)13)3-4-16-12/h5,7H,3-4,6,14H2,1-2H3. The summed E-state index contributed by atoms with van der Waals surface area (Å²) < 4.78 is 10.9. The number of hydrogen-bond donors (Lipinski definition) is 1. The molecule has 1 atom stereocenters. The van der Waals surface area contributed by atoms with Crippen molar-refractivity contribution in [2.24, 2.45) is 5.73 Å². The van der Waals surface area contributed by atoms with Crippen molar-refractivity contribution in [3.8, 4) is 11.5 Å². The van der Waals surface area contributed by atoms with E-state index in [1.165, 1.54) is 0 Å². The fourth-order valence-electron chi connectivity index (χ4n) is 1.97. The lowest BCUT2D eigenvalue weighted by atomic mass is 9.97. The fraction of sp³-hybridized carbons (Fsp3) is 0.500. The van der Waals surface area contributed by atoms with Gasteiger partial charge in [0.15, 0.2) is 11.5 Å². The number of halogens is 1. The van der Waals surface area contributed by atoms with Crippen LogP contribution < -0.4 is 15.2 Å². The van der Waals surface area contributed by atoms with Gasteiger partial charge >= 0.3 is 0 Å². The first-order valence-electron chi connectivity index (χ1n) is 5.41. The van der Waals surface area contributed by atoms with Gasteiger partial charge < -0.3 is 15.2 Å². The highest BCUT2D eigenvalue weighted by molar-refractivity contribution is 6.32. The van der Waals surface area contributed by atoms with Crippen molar-refractivity contribution in [2.75, 3.05) is 20.3 Å². The smallest absolute Gasteiger partial charge is 0.165 e. The van der Waals surface area contributed by atoms with Crippen molar-refractivity contribution in [2.45, 2.75) is 19.3 Å². The SMILES string of the molecule is COc1cc(C(C)CN)c(Cl)c2c1OCC2. The number of hydrogen-bond acceptors (Lipinski definition) is 3. The van der Waals surface area contributed by atoms with Crippen LogP contribution in [0.25, 0.3) is 0 Å². The van der Waals surface area contributed by atoms with Crippen LogP contribution in [0.3, 0.4) is 0 Å². The number of rotatable bonds is 3. The largest absolute Gasteiger partial charge is 0.493 e. The summed E-state index contributed by atoms with van der Waals surface area (Å²) in [5.74, 6) is 1.78. The van der Waals surface area contributed by atoms with Crippen LogP contribution in [0.1, 0.15) is 24.0 Å². The average molecular weight is 242 g/mol. The summed E-state index contributed by atoms with van der Waals surface area (Å²) in [6, 6.07) is 1.93. The predicted molar refractivity (Wildman–Crippen MR) is 64.7 cm³/mol. The van der Waals surface area contributed by atoms with E-state index in [9.17, 15) is 0 Å². The molecule has 0 aliphatic carbocycles. The Morgan fingerprint density at radius 3 is 3.00 bits per heavy atom. The highest BCUT2D eigenvalue weighted by Gasteiger charge is 2.24. The zero-order valence-electron chi connectivity index (χ0n) is 9.55. The third-order valence-electron chi connectivity index (χ3n) is 3.01. The summed E-state index contributed by atoms with van der Waals surface area (Å²) in [5.41, 5.74) is 7.78. The normalized spacial score (nSPS) is 15.5. The van der Waals surface area contributed by atoms with E-state index < -0.39 is 0 Å². The monoisotopic (exact) mass is 241 g/mol. The minimum atomic E-state index is 0.229. The summed E-state index contributed by atoms with van der Waals surface area (Å²) >= 11 is 6.37. The summed E-state index contributed by atoms with van der Waals surface area (Å²) in [7, 11) is 1.64. The van der Waals surface area contributed by atoms with Gasteiger partial charge in [-0.25, -0.2) is 0 Å². The molecular formula is C12H16ClNO2. The summed E-state index contributed by atoms with van der Waals surface area (Å²) in [4.78, 5) is 0. The predicted octanol–water partition coefficient (Wildman–Crippen LogP) is 2.35. The quantitative estimate of drug-likeness (QED) is 0.884. The number of methoxy groups -OCH3 is 1. The molecule has 0 saturated carbocycles. The highest BCUT2D eigenvalue weighted by atomic mass is 35.5. The van der Waals surface area contributed by atoms with E-state index in [0.717, 1.165) is 34.1 Å². The fourth-order valence-corrected chi connectivity index (χ4v) is 2.39. The summed E-state index contributed by atoms with van der Waals surface area (Å²) in [6.45, 7) is 3.30. The number of fused-ring (bicyclic) bond motifs is 1. The van der Waals surface area contributed by atoms with Gasteiger partial charge in [0.25, 0.3) is 0 Å². The van der Waals surface area contributed by atoms with Crippen LogP contribution >= 0.6 is 11.6 Å². The Hall–Kier alpha value is -0.930. The number of benzene rings is 1. The molecule has 88 valence electrons. The molecule has 2 rings (SSSR count). The molecule has 3 nitrogen and oxygen atoms in total. The molecule has 0 saturated heterocycles. The zero-order chi connectivity index (χ0) is 11.7. The second-order valence-electron chi connectivity index (χ2n) is 4.02. The molecule has 1 aliphatic rings. The van der Waals surface area contributed by atoms with Crippen molar-refractivity contribution in [1.29, 1.82) is 0 Å². The van der Waals surface area contributed by atoms with Gasteiger partial charge in [-0.05, 0) is 24.1 Å². The summed E-state index contributed by atoms with van der Waals surface area (Å²) in [5, 5.41) is 0.784. The molecule has 0 radical (unpaired) electrons. The van der Waals surface area contributed by atoms with Crippen LogP contribution in [0, 0.1) is 0 Å². The lowest BCUT2D eigenvalue weighted by Crippen LogP contribution is -2.10. The Labute approximate surface area is 100 Å². The maximum absolute atomic E-state index is 6.37. The molecule has 4 heteroatoms. The maximum atomic E-state index is 6.37. The van der Waals surface area contributed by atoms with Crippen LogP contribution in [0.2, 0.25) is 5.02 Å². The molecular weight excluding hydrogens is 226 g/mol. The summed E-state index contributed by atoms with van der Waals surface area (Å²) in [6.07, 6.45) is 0.843. The van der Waals surface area contributed by atoms with E-state index in [-0.39, 0.29) is 5.92 Å². The van der Waals surface area contributed by atoms with E-state index in [0.29, 0.717) is 13.2 Å². The lowest BCUT2D eigenvalue weighted by molar-refractivity contribution is 0.326. The Morgan fingerprint density at radius 1 is 1.62 bits per heavy atom. The van der Waals surface area contributed by atoms with Gasteiger partial charge in [-0.2, -0.15) is 0 Å². The first-order valence-corrected chi connectivity index (χ1v) is 5.79. The first-order chi connectivity index (χ1) is 7.69. The van der Waals surface area contributed by atoms with E-state index in [2.05, 4.69) is 6.92 Å². The Balaban J connectivity index is 2.55. The Kier molecular flexibility index (Phi) is 3.26. The van der Waals surface area contributed by atoms with Crippen molar-refractivity contribution in [3.05, 3.63) is 22.2 Å². The van der Waals surface area contributed by atoms with Gasteiger partial charge in [-0.1, -0.05) is 18.5 Å². The Bertz CT molecular complexity index is 406. The molecule has 0 bridgehead atoms. The second-order valence-corrected chi connectivity index (χ2v) is 4.40. The minimum absolute atomic E-state index is 0.229. The van der Waals surface area contributed by atoms with Crippen LogP contribution in [0.15, 0.2) is 6.07 Å². The van der Waals surface area contributed by atoms with Gasteiger partial charge in [0.1, 0.15) is 0 Å². The van der Waals surface area contributed by atoms with E-state index in [1.807, 2.05) is 6.07 Å². The third-order valence-corrected chi connectivity index (χ3v) is 3.45. The van der Waals surface area contributed by atoms with Crippen LogP contribution in [0.5, 0.6) is 11.5 Å².